The number of nitro groups is 1. The van der Waals surface area contributed by atoms with E-state index < -0.39 is 4.92 Å². The van der Waals surface area contributed by atoms with Gasteiger partial charge in [-0.05, 0) is 24.3 Å². The van der Waals surface area contributed by atoms with Crippen LogP contribution in [-0.4, -0.2) is 31.2 Å². The normalized spacial score (nSPS) is 10.7. The summed E-state index contributed by atoms with van der Waals surface area (Å²) in [7, 11) is 0. The van der Waals surface area contributed by atoms with E-state index in [-0.39, 0.29) is 22.4 Å². The summed E-state index contributed by atoms with van der Waals surface area (Å²) in [5.41, 5.74) is 0.738. The molecule has 1 N–H and O–H groups in total. The number of fused-ring (bicyclic) bond motifs is 1. The lowest BCUT2D eigenvalue weighted by molar-refractivity contribution is -0.384. The summed E-state index contributed by atoms with van der Waals surface area (Å²) in [6.07, 6.45) is 1.80. The highest BCUT2D eigenvalue weighted by Gasteiger charge is 2.14. The molecule has 0 radical (unpaired) electrons. The van der Waals surface area contributed by atoms with Gasteiger partial charge in [-0.3, -0.25) is 19.3 Å². The summed E-state index contributed by atoms with van der Waals surface area (Å²) in [5.74, 6) is -0.226. The van der Waals surface area contributed by atoms with E-state index in [0.717, 1.165) is 0 Å². The van der Waals surface area contributed by atoms with Crippen LogP contribution < -0.4 is 5.32 Å². The fraction of sp³-hybridized carbons (Fsp3) is 0.0714. The van der Waals surface area contributed by atoms with Crippen LogP contribution in [0.1, 0.15) is 0 Å². The standard InChI is InChI=1S/C14H10ClN5O3S/c15-10-5-4-9(7-11(10)20(22)23)16-13(21)8-24-14-18-17-12-3-1-2-6-19(12)14/h1-7H,8H2,(H,16,21). The van der Waals surface area contributed by atoms with Crippen molar-refractivity contribution in [2.24, 2.45) is 0 Å². The second-order valence-electron chi connectivity index (χ2n) is 4.67. The maximum Gasteiger partial charge on any atom is 0.289 e. The number of nitro benzene ring substituents is 1. The Bertz CT molecular complexity index is 930. The van der Waals surface area contributed by atoms with Crippen LogP contribution in [0.4, 0.5) is 11.4 Å². The van der Waals surface area contributed by atoms with E-state index in [1.165, 1.54) is 30.0 Å². The fourth-order valence-electron chi connectivity index (χ4n) is 1.98. The van der Waals surface area contributed by atoms with Crippen molar-refractivity contribution >= 4 is 46.3 Å². The molecule has 0 aliphatic rings. The molecule has 1 amide bonds. The molecule has 0 fully saturated rings. The molecule has 0 saturated carbocycles. The highest BCUT2D eigenvalue weighted by Crippen LogP contribution is 2.27. The second-order valence-corrected chi connectivity index (χ2v) is 6.02. The van der Waals surface area contributed by atoms with E-state index in [4.69, 9.17) is 11.6 Å². The van der Waals surface area contributed by atoms with Crippen LogP contribution >= 0.6 is 23.4 Å². The minimum atomic E-state index is -0.602. The summed E-state index contributed by atoms with van der Waals surface area (Å²) < 4.78 is 1.77. The van der Waals surface area contributed by atoms with Crippen LogP contribution in [0.15, 0.2) is 47.8 Å². The number of hydrogen-bond acceptors (Lipinski definition) is 6. The van der Waals surface area contributed by atoms with Crippen molar-refractivity contribution in [1.29, 1.82) is 0 Å². The second kappa shape index (κ2) is 6.85. The SMILES string of the molecule is O=C(CSc1nnc2ccccn12)Nc1ccc(Cl)c([N+](=O)[O-])c1. The Morgan fingerprint density at radius 2 is 2.17 bits per heavy atom. The molecule has 3 rings (SSSR count). The average molecular weight is 364 g/mol. The molecule has 0 unspecified atom stereocenters. The van der Waals surface area contributed by atoms with Crippen LogP contribution in [0, 0.1) is 10.1 Å². The molecule has 122 valence electrons. The number of benzene rings is 1. The average Bonchev–Trinajstić information content (AvgIpc) is 2.98. The third kappa shape index (κ3) is 3.47. The van der Waals surface area contributed by atoms with Crippen molar-refractivity contribution in [3.8, 4) is 0 Å². The van der Waals surface area contributed by atoms with Gasteiger partial charge in [-0.2, -0.15) is 0 Å². The lowest BCUT2D eigenvalue weighted by Gasteiger charge is -2.05. The Hall–Kier alpha value is -2.65. The summed E-state index contributed by atoms with van der Waals surface area (Å²) in [5, 5.41) is 22.1. The first-order valence-corrected chi connectivity index (χ1v) is 8.07. The van der Waals surface area contributed by atoms with Gasteiger partial charge in [0.05, 0.1) is 10.7 Å². The molecule has 0 saturated heterocycles. The van der Waals surface area contributed by atoms with Gasteiger partial charge in [-0.15, -0.1) is 10.2 Å². The largest absolute Gasteiger partial charge is 0.325 e. The summed E-state index contributed by atoms with van der Waals surface area (Å²) in [6.45, 7) is 0. The van der Waals surface area contributed by atoms with Crippen molar-refractivity contribution in [3.05, 3.63) is 57.7 Å². The number of halogens is 1. The van der Waals surface area contributed by atoms with Crippen LogP contribution in [0.2, 0.25) is 5.02 Å². The number of amides is 1. The number of aromatic nitrogens is 3. The lowest BCUT2D eigenvalue weighted by Crippen LogP contribution is -2.14. The maximum atomic E-state index is 12.0. The van der Waals surface area contributed by atoms with Gasteiger partial charge in [0.25, 0.3) is 5.69 Å². The van der Waals surface area contributed by atoms with Gasteiger partial charge >= 0.3 is 0 Å². The van der Waals surface area contributed by atoms with Gasteiger partial charge in [-0.1, -0.05) is 29.4 Å². The minimum Gasteiger partial charge on any atom is -0.325 e. The highest BCUT2D eigenvalue weighted by molar-refractivity contribution is 7.99. The molecule has 2 heterocycles. The van der Waals surface area contributed by atoms with Crippen LogP contribution in [0.3, 0.4) is 0 Å². The summed E-state index contributed by atoms with van der Waals surface area (Å²) in [6, 6.07) is 9.59. The van der Waals surface area contributed by atoms with E-state index in [1.54, 1.807) is 10.6 Å². The number of nitrogens with one attached hydrogen (secondary N) is 1. The first-order chi connectivity index (χ1) is 11.5. The highest BCUT2D eigenvalue weighted by atomic mass is 35.5. The number of rotatable bonds is 5. The molecule has 0 spiro atoms. The van der Waals surface area contributed by atoms with Gasteiger partial charge in [0, 0.05) is 18.0 Å². The first-order valence-electron chi connectivity index (χ1n) is 6.71. The van der Waals surface area contributed by atoms with E-state index in [0.29, 0.717) is 16.5 Å². The molecule has 2 aromatic heterocycles. The number of pyridine rings is 1. The molecule has 0 atom stereocenters. The van der Waals surface area contributed by atoms with Gasteiger partial charge in [0.2, 0.25) is 5.91 Å². The van der Waals surface area contributed by atoms with Crippen molar-refractivity contribution in [3.63, 3.8) is 0 Å². The number of nitrogens with zero attached hydrogens (tertiary/aromatic N) is 4. The third-order valence-electron chi connectivity index (χ3n) is 3.04. The molecular formula is C14H10ClN5O3S. The Morgan fingerprint density at radius 1 is 1.33 bits per heavy atom. The topological polar surface area (TPSA) is 102 Å². The maximum absolute atomic E-state index is 12.0. The molecule has 0 aliphatic carbocycles. The Balaban J connectivity index is 1.66. The molecule has 10 heteroatoms. The van der Waals surface area contributed by atoms with Gasteiger partial charge < -0.3 is 5.32 Å². The molecule has 24 heavy (non-hydrogen) atoms. The zero-order valence-corrected chi connectivity index (χ0v) is 13.6. The van der Waals surface area contributed by atoms with E-state index in [1.807, 2.05) is 18.2 Å². The Kier molecular flexibility index (Phi) is 4.63. The Labute approximate surface area is 145 Å². The monoisotopic (exact) mass is 363 g/mol. The zero-order valence-electron chi connectivity index (χ0n) is 12.0. The van der Waals surface area contributed by atoms with Crippen molar-refractivity contribution in [2.45, 2.75) is 5.16 Å². The third-order valence-corrected chi connectivity index (χ3v) is 4.30. The predicted molar refractivity (Wildman–Crippen MR) is 90.4 cm³/mol. The molecule has 1 aromatic carbocycles. The van der Waals surface area contributed by atoms with Gasteiger partial charge in [-0.25, -0.2) is 0 Å². The number of carbonyl (C=O) groups excluding carboxylic acids is 1. The van der Waals surface area contributed by atoms with Crippen LogP contribution in [0.5, 0.6) is 0 Å². The zero-order chi connectivity index (χ0) is 17.1. The van der Waals surface area contributed by atoms with Crippen LogP contribution in [-0.2, 0) is 4.79 Å². The lowest BCUT2D eigenvalue weighted by atomic mass is 10.3. The quantitative estimate of drug-likeness (QED) is 0.424. The molecule has 0 aliphatic heterocycles. The minimum absolute atomic E-state index is 0.0160. The fourth-order valence-corrected chi connectivity index (χ4v) is 2.89. The van der Waals surface area contributed by atoms with E-state index in [9.17, 15) is 14.9 Å². The number of hydrogen-bond donors (Lipinski definition) is 1. The molecule has 3 aromatic rings. The smallest absolute Gasteiger partial charge is 0.289 e. The van der Waals surface area contributed by atoms with Crippen molar-refractivity contribution in [1.82, 2.24) is 14.6 Å². The molecule has 0 bridgehead atoms. The van der Waals surface area contributed by atoms with Crippen molar-refractivity contribution < 1.29 is 9.72 Å². The molecule has 8 nitrogen and oxygen atoms in total. The first kappa shape index (κ1) is 16.2. The molecular weight excluding hydrogens is 354 g/mol. The number of thioether (sulfide) groups is 1. The van der Waals surface area contributed by atoms with Gasteiger partial charge in [0.15, 0.2) is 10.8 Å². The van der Waals surface area contributed by atoms with E-state index >= 15 is 0 Å². The summed E-state index contributed by atoms with van der Waals surface area (Å²) >= 11 is 6.95. The Morgan fingerprint density at radius 3 is 2.96 bits per heavy atom. The van der Waals surface area contributed by atoms with E-state index in [2.05, 4.69) is 15.5 Å². The van der Waals surface area contributed by atoms with Crippen LogP contribution in [0.25, 0.3) is 5.65 Å². The van der Waals surface area contributed by atoms with Gasteiger partial charge in [0.1, 0.15) is 5.02 Å². The number of anilines is 1. The predicted octanol–water partition coefficient (Wildman–Crippen LogP) is 3.02. The van der Waals surface area contributed by atoms with Crippen molar-refractivity contribution in [2.75, 3.05) is 11.1 Å². The number of carbonyl (C=O) groups is 1. The summed E-state index contributed by atoms with van der Waals surface area (Å²) in [4.78, 5) is 22.3.